The average molecular weight is 262 g/mol. The number of aryl methyl sites for hydroxylation is 1. The number of hydrogen-bond acceptors (Lipinski definition) is 4. The fourth-order valence-electron chi connectivity index (χ4n) is 1.54. The van der Waals surface area contributed by atoms with Gasteiger partial charge in [-0.25, -0.2) is 0 Å². The molecule has 0 aliphatic carbocycles. The van der Waals surface area contributed by atoms with Crippen LogP contribution in [0.5, 0.6) is 0 Å². The summed E-state index contributed by atoms with van der Waals surface area (Å²) in [6, 6.07) is 8.01. The number of nitrogens with zero attached hydrogens (tertiary/aromatic N) is 1. The lowest BCUT2D eigenvalue weighted by Crippen LogP contribution is -2.10. The summed E-state index contributed by atoms with van der Waals surface area (Å²) >= 11 is 1.34. The van der Waals surface area contributed by atoms with E-state index in [-0.39, 0.29) is 11.6 Å². The highest BCUT2D eigenvalue weighted by Crippen LogP contribution is 2.22. The van der Waals surface area contributed by atoms with E-state index in [1.165, 1.54) is 23.5 Å². The first-order valence-corrected chi connectivity index (χ1v) is 6.06. The molecular formula is C12H10N2O3S. The first-order chi connectivity index (χ1) is 8.58. The lowest BCUT2D eigenvalue weighted by molar-refractivity contribution is -0.385. The topological polar surface area (TPSA) is 72.2 Å². The fourth-order valence-corrected chi connectivity index (χ4v) is 2.16. The molecule has 5 nitrogen and oxygen atoms in total. The van der Waals surface area contributed by atoms with Gasteiger partial charge in [-0.3, -0.25) is 14.9 Å². The second kappa shape index (κ2) is 4.97. The molecule has 1 heterocycles. The molecule has 0 aliphatic heterocycles. The Balaban J connectivity index is 2.18. The molecule has 2 aromatic rings. The number of nitrogens with one attached hydrogen (secondary N) is 1. The third-order valence-corrected chi connectivity index (χ3v) is 3.26. The SMILES string of the molecule is Cc1cc(NC(=O)c2cccs2)ccc1[N+](=O)[O-]. The quantitative estimate of drug-likeness (QED) is 0.681. The van der Waals surface area contributed by atoms with E-state index in [1.807, 2.05) is 5.38 Å². The van der Waals surface area contributed by atoms with Crippen molar-refractivity contribution in [2.24, 2.45) is 0 Å². The minimum Gasteiger partial charge on any atom is -0.321 e. The molecule has 6 heteroatoms. The molecular weight excluding hydrogens is 252 g/mol. The Labute approximate surface area is 107 Å². The number of carbonyl (C=O) groups is 1. The van der Waals surface area contributed by atoms with Gasteiger partial charge in [0.1, 0.15) is 0 Å². The second-order valence-corrected chi connectivity index (χ2v) is 4.64. The molecule has 0 bridgehead atoms. The molecule has 0 aliphatic rings. The van der Waals surface area contributed by atoms with E-state index in [2.05, 4.69) is 5.32 Å². The zero-order valence-corrected chi connectivity index (χ0v) is 10.4. The third-order valence-electron chi connectivity index (χ3n) is 2.40. The summed E-state index contributed by atoms with van der Waals surface area (Å²) < 4.78 is 0. The Morgan fingerprint density at radius 2 is 2.17 bits per heavy atom. The van der Waals surface area contributed by atoms with Gasteiger partial charge in [-0.05, 0) is 30.5 Å². The van der Waals surface area contributed by atoms with E-state index in [9.17, 15) is 14.9 Å². The van der Waals surface area contributed by atoms with E-state index in [0.717, 1.165) is 0 Å². The number of nitro benzene ring substituents is 1. The molecule has 0 spiro atoms. The zero-order chi connectivity index (χ0) is 13.1. The van der Waals surface area contributed by atoms with Gasteiger partial charge in [0, 0.05) is 17.3 Å². The Kier molecular flexibility index (Phi) is 3.38. The van der Waals surface area contributed by atoms with Crippen molar-refractivity contribution in [2.75, 3.05) is 5.32 Å². The molecule has 0 radical (unpaired) electrons. The third kappa shape index (κ3) is 2.54. The number of carbonyl (C=O) groups excluding carboxylic acids is 1. The van der Waals surface area contributed by atoms with Crippen molar-refractivity contribution in [1.29, 1.82) is 0 Å². The van der Waals surface area contributed by atoms with Crippen molar-refractivity contribution in [3.05, 3.63) is 56.3 Å². The molecule has 1 N–H and O–H groups in total. The average Bonchev–Trinajstić information content (AvgIpc) is 2.81. The van der Waals surface area contributed by atoms with Crippen molar-refractivity contribution in [3.63, 3.8) is 0 Å². The van der Waals surface area contributed by atoms with Gasteiger partial charge in [0.05, 0.1) is 9.80 Å². The molecule has 2 rings (SSSR count). The van der Waals surface area contributed by atoms with Crippen LogP contribution in [0.1, 0.15) is 15.2 Å². The van der Waals surface area contributed by atoms with Crippen LogP contribution in [0.2, 0.25) is 0 Å². The Hall–Kier alpha value is -2.21. The number of anilines is 1. The van der Waals surface area contributed by atoms with Crippen molar-refractivity contribution < 1.29 is 9.72 Å². The monoisotopic (exact) mass is 262 g/mol. The number of hydrogen-bond donors (Lipinski definition) is 1. The van der Waals surface area contributed by atoms with Gasteiger partial charge >= 0.3 is 0 Å². The minimum atomic E-state index is -0.444. The van der Waals surface area contributed by atoms with Crippen LogP contribution >= 0.6 is 11.3 Å². The summed E-state index contributed by atoms with van der Waals surface area (Å²) in [5, 5.41) is 15.2. The number of nitro groups is 1. The van der Waals surface area contributed by atoms with Crippen LogP contribution in [0, 0.1) is 17.0 Å². The Morgan fingerprint density at radius 3 is 2.72 bits per heavy atom. The van der Waals surface area contributed by atoms with Gasteiger partial charge < -0.3 is 5.32 Å². The van der Waals surface area contributed by atoms with Crippen LogP contribution in [-0.4, -0.2) is 10.8 Å². The Bertz CT molecular complexity index is 593. The highest BCUT2D eigenvalue weighted by atomic mass is 32.1. The van der Waals surface area contributed by atoms with E-state index in [4.69, 9.17) is 0 Å². The van der Waals surface area contributed by atoms with E-state index >= 15 is 0 Å². The molecule has 1 aromatic carbocycles. The fraction of sp³-hybridized carbons (Fsp3) is 0.0833. The minimum absolute atomic E-state index is 0.0455. The molecule has 92 valence electrons. The van der Waals surface area contributed by atoms with Gasteiger partial charge in [0.15, 0.2) is 0 Å². The summed E-state index contributed by atoms with van der Waals surface area (Å²) in [6.45, 7) is 1.64. The van der Waals surface area contributed by atoms with Crippen LogP contribution in [-0.2, 0) is 0 Å². The Morgan fingerprint density at radius 1 is 1.39 bits per heavy atom. The smallest absolute Gasteiger partial charge is 0.272 e. The van der Waals surface area contributed by atoms with Gasteiger partial charge in [-0.15, -0.1) is 11.3 Å². The van der Waals surface area contributed by atoms with Crippen LogP contribution < -0.4 is 5.32 Å². The first-order valence-electron chi connectivity index (χ1n) is 5.18. The van der Waals surface area contributed by atoms with Crippen molar-refractivity contribution in [2.45, 2.75) is 6.92 Å². The largest absolute Gasteiger partial charge is 0.321 e. The maximum Gasteiger partial charge on any atom is 0.272 e. The molecule has 0 saturated heterocycles. The molecule has 0 saturated carbocycles. The van der Waals surface area contributed by atoms with Crippen molar-refractivity contribution in [1.82, 2.24) is 0 Å². The molecule has 0 unspecified atom stereocenters. The molecule has 18 heavy (non-hydrogen) atoms. The van der Waals surface area contributed by atoms with Gasteiger partial charge in [0.25, 0.3) is 11.6 Å². The normalized spacial score (nSPS) is 10.1. The zero-order valence-electron chi connectivity index (χ0n) is 9.54. The molecule has 0 fully saturated rings. The van der Waals surface area contributed by atoms with E-state index in [1.54, 1.807) is 25.1 Å². The van der Waals surface area contributed by atoms with Crippen LogP contribution in [0.25, 0.3) is 0 Å². The van der Waals surface area contributed by atoms with Crippen molar-refractivity contribution >= 4 is 28.6 Å². The predicted octanol–water partition coefficient (Wildman–Crippen LogP) is 3.22. The van der Waals surface area contributed by atoms with Crippen LogP contribution in [0.15, 0.2) is 35.7 Å². The van der Waals surface area contributed by atoms with Gasteiger partial charge in [-0.1, -0.05) is 6.07 Å². The predicted molar refractivity (Wildman–Crippen MR) is 70.1 cm³/mol. The number of amides is 1. The van der Waals surface area contributed by atoms with E-state index in [0.29, 0.717) is 16.1 Å². The van der Waals surface area contributed by atoms with Crippen LogP contribution in [0.4, 0.5) is 11.4 Å². The second-order valence-electron chi connectivity index (χ2n) is 3.69. The maximum absolute atomic E-state index is 11.8. The summed E-state index contributed by atoms with van der Waals surface area (Å²) in [5.41, 5.74) is 1.12. The lowest BCUT2D eigenvalue weighted by Gasteiger charge is -2.04. The van der Waals surface area contributed by atoms with Gasteiger partial charge in [-0.2, -0.15) is 0 Å². The molecule has 1 aromatic heterocycles. The summed E-state index contributed by atoms with van der Waals surface area (Å²) in [7, 11) is 0. The number of thiophene rings is 1. The standard InChI is InChI=1S/C12H10N2O3S/c1-8-7-9(4-5-10(8)14(16)17)13-12(15)11-3-2-6-18-11/h2-7H,1H3,(H,13,15). The molecule has 1 amide bonds. The maximum atomic E-state index is 11.8. The number of benzene rings is 1. The summed E-state index contributed by atoms with van der Waals surface area (Å²) in [5.74, 6) is -0.210. The number of rotatable bonds is 3. The first kappa shape index (κ1) is 12.3. The van der Waals surface area contributed by atoms with Crippen LogP contribution in [0.3, 0.4) is 0 Å². The lowest BCUT2D eigenvalue weighted by atomic mass is 10.2. The summed E-state index contributed by atoms with van der Waals surface area (Å²) in [4.78, 5) is 22.6. The highest BCUT2D eigenvalue weighted by Gasteiger charge is 2.12. The molecule has 0 atom stereocenters. The highest BCUT2D eigenvalue weighted by molar-refractivity contribution is 7.12. The van der Waals surface area contributed by atoms with Gasteiger partial charge in [0.2, 0.25) is 0 Å². The van der Waals surface area contributed by atoms with E-state index < -0.39 is 4.92 Å². The summed E-state index contributed by atoms with van der Waals surface area (Å²) in [6.07, 6.45) is 0. The van der Waals surface area contributed by atoms with Crippen molar-refractivity contribution in [3.8, 4) is 0 Å².